The molecule has 1 N–H and O–H groups in total. The first-order valence-electron chi connectivity index (χ1n) is 8.45. The Bertz CT molecular complexity index is 873. The van der Waals surface area contributed by atoms with Crippen molar-refractivity contribution in [3.63, 3.8) is 0 Å². The number of anilines is 1. The van der Waals surface area contributed by atoms with Gasteiger partial charge in [0.25, 0.3) is 5.56 Å². The standard InChI is InChI=1S/C17H21BrClN5O/c1-22(2)11-8-23(9-11)16-17(25)24(7-10-5-20-6-10)15-4-13(19)12(18)3-14(15)21-16/h3-4,10-11,20H,5-9H2,1-2H3. The molecule has 1 aromatic heterocycles. The minimum atomic E-state index is -0.0185. The molecule has 2 aromatic rings. The number of aromatic nitrogens is 2. The van der Waals surface area contributed by atoms with E-state index < -0.39 is 0 Å². The fourth-order valence-electron chi connectivity index (χ4n) is 3.30. The Labute approximate surface area is 159 Å². The van der Waals surface area contributed by atoms with Gasteiger partial charge in [-0.05, 0) is 42.2 Å². The van der Waals surface area contributed by atoms with Crippen LogP contribution >= 0.6 is 27.5 Å². The maximum atomic E-state index is 13.1. The molecule has 0 amide bonds. The Hall–Kier alpha value is -1.15. The van der Waals surface area contributed by atoms with Crippen LogP contribution in [0.1, 0.15) is 0 Å². The summed E-state index contributed by atoms with van der Waals surface area (Å²) in [5, 5.41) is 3.86. The average molecular weight is 427 g/mol. The minimum absolute atomic E-state index is 0.0185. The number of fused-ring (bicyclic) bond motifs is 1. The predicted octanol–water partition coefficient (Wildman–Crippen LogP) is 1.78. The average Bonchev–Trinajstić information content (AvgIpc) is 2.45. The molecule has 2 saturated heterocycles. The van der Waals surface area contributed by atoms with Gasteiger partial charge in [0.1, 0.15) is 0 Å². The number of likely N-dealkylation sites (N-methyl/N-ethyl adjacent to an activating group) is 1. The van der Waals surface area contributed by atoms with Crippen LogP contribution in [0.25, 0.3) is 11.0 Å². The van der Waals surface area contributed by atoms with Crippen LogP contribution < -0.4 is 15.8 Å². The van der Waals surface area contributed by atoms with E-state index in [-0.39, 0.29) is 5.56 Å². The summed E-state index contributed by atoms with van der Waals surface area (Å²) in [5.41, 5.74) is 1.58. The van der Waals surface area contributed by atoms with E-state index in [1.165, 1.54) is 0 Å². The summed E-state index contributed by atoms with van der Waals surface area (Å²) in [6.45, 7) is 4.26. The van der Waals surface area contributed by atoms with E-state index in [1.807, 2.05) is 16.7 Å². The highest BCUT2D eigenvalue weighted by molar-refractivity contribution is 9.10. The van der Waals surface area contributed by atoms with Crippen LogP contribution in [0.3, 0.4) is 0 Å². The molecule has 25 heavy (non-hydrogen) atoms. The highest BCUT2D eigenvalue weighted by Crippen LogP contribution is 2.29. The van der Waals surface area contributed by atoms with E-state index in [2.05, 4.69) is 50.1 Å². The van der Waals surface area contributed by atoms with Crippen molar-refractivity contribution in [3.8, 4) is 0 Å². The van der Waals surface area contributed by atoms with Crippen molar-refractivity contribution in [2.75, 3.05) is 45.2 Å². The normalized spacial score (nSPS) is 18.7. The van der Waals surface area contributed by atoms with Crippen molar-refractivity contribution in [2.24, 2.45) is 5.92 Å². The molecule has 0 bridgehead atoms. The zero-order chi connectivity index (χ0) is 17.7. The lowest BCUT2D eigenvalue weighted by molar-refractivity contribution is 0.245. The Morgan fingerprint density at radius 2 is 2.08 bits per heavy atom. The van der Waals surface area contributed by atoms with Crippen LogP contribution in [-0.2, 0) is 6.54 Å². The molecule has 1 aromatic carbocycles. The van der Waals surface area contributed by atoms with E-state index in [4.69, 9.17) is 11.6 Å². The lowest BCUT2D eigenvalue weighted by Gasteiger charge is -2.43. The van der Waals surface area contributed by atoms with Crippen molar-refractivity contribution in [2.45, 2.75) is 12.6 Å². The minimum Gasteiger partial charge on any atom is -0.349 e. The third-order valence-corrected chi connectivity index (χ3v) is 6.37. The molecule has 2 fully saturated rings. The smallest absolute Gasteiger partial charge is 0.294 e. The zero-order valence-corrected chi connectivity index (χ0v) is 16.6. The Morgan fingerprint density at radius 1 is 1.36 bits per heavy atom. The second-order valence-corrected chi connectivity index (χ2v) is 8.41. The topological polar surface area (TPSA) is 53.4 Å². The molecule has 134 valence electrons. The summed E-state index contributed by atoms with van der Waals surface area (Å²) in [6.07, 6.45) is 0. The summed E-state index contributed by atoms with van der Waals surface area (Å²) in [5.74, 6) is 1.02. The number of rotatable bonds is 4. The number of halogens is 2. The van der Waals surface area contributed by atoms with Crippen molar-refractivity contribution in [1.29, 1.82) is 0 Å². The van der Waals surface area contributed by atoms with Crippen molar-refractivity contribution in [3.05, 3.63) is 32.0 Å². The largest absolute Gasteiger partial charge is 0.349 e. The molecular weight excluding hydrogens is 406 g/mol. The fourth-order valence-corrected chi connectivity index (χ4v) is 3.79. The third-order valence-electron chi connectivity index (χ3n) is 5.17. The first kappa shape index (κ1) is 17.3. The summed E-state index contributed by atoms with van der Waals surface area (Å²) in [7, 11) is 4.13. The van der Waals surface area contributed by atoms with E-state index in [9.17, 15) is 4.79 Å². The van der Waals surface area contributed by atoms with Crippen LogP contribution in [0.4, 0.5) is 5.82 Å². The molecule has 3 heterocycles. The van der Waals surface area contributed by atoms with Gasteiger partial charge < -0.3 is 19.7 Å². The Morgan fingerprint density at radius 3 is 2.68 bits per heavy atom. The lowest BCUT2D eigenvalue weighted by atomic mass is 10.0. The summed E-state index contributed by atoms with van der Waals surface area (Å²) < 4.78 is 2.65. The van der Waals surface area contributed by atoms with Crippen molar-refractivity contribution >= 4 is 44.4 Å². The van der Waals surface area contributed by atoms with E-state index in [0.717, 1.165) is 41.7 Å². The number of hydrogen-bond acceptors (Lipinski definition) is 5. The SMILES string of the molecule is CN(C)C1CN(c2nc3cc(Br)c(Cl)cc3n(CC3CNC3)c2=O)C1. The second-order valence-electron chi connectivity index (χ2n) is 7.15. The molecule has 0 unspecified atom stereocenters. The molecule has 2 aliphatic rings. The highest BCUT2D eigenvalue weighted by Gasteiger charge is 2.32. The van der Waals surface area contributed by atoms with Gasteiger partial charge in [-0.3, -0.25) is 4.79 Å². The fraction of sp³-hybridized carbons (Fsp3) is 0.529. The second kappa shape index (κ2) is 6.54. The van der Waals surface area contributed by atoms with Crippen LogP contribution in [-0.4, -0.2) is 60.8 Å². The molecule has 0 radical (unpaired) electrons. The van der Waals surface area contributed by atoms with Crippen LogP contribution in [0.15, 0.2) is 21.4 Å². The monoisotopic (exact) mass is 425 g/mol. The van der Waals surface area contributed by atoms with Crippen molar-refractivity contribution in [1.82, 2.24) is 19.8 Å². The summed E-state index contributed by atoms with van der Waals surface area (Å²) >= 11 is 9.74. The zero-order valence-electron chi connectivity index (χ0n) is 14.3. The van der Waals surface area contributed by atoms with Gasteiger partial charge in [0, 0.05) is 49.2 Å². The molecule has 0 saturated carbocycles. The number of nitrogens with zero attached hydrogens (tertiary/aromatic N) is 4. The molecule has 0 aliphatic carbocycles. The third kappa shape index (κ3) is 3.07. The van der Waals surface area contributed by atoms with Gasteiger partial charge in [-0.2, -0.15) is 0 Å². The first-order chi connectivity index (χ1) is 11.9. The molecule has 2 aliphatic heterocycles. The molecule has 4 rings (SSSR count). The van der Waals surface area contributed by atoms with Crippen LogP contribution in [0.2, 0.25) is 5.02 Å². The molecule has 0 atom stereocenters. The highest BCUT2D eigenvalue weighted by atomic mass is 79.9. The van der Waals surface area contributed by atoms with E-state index in [0.29, 0.717) is 29.3 Å². The number of nitrogens with one attached hydrogen (secondary N) is 1. The quantitative estimate of drug-likeness (QED) is 0.808. The summed E-state index contributed by atoms with van der Waals surface area (Å²) in [4.78, 5) is 22.1. The first-order valence-corrected chi connectivity index (χ1v) is 9.63. The number of hydrogen-bond donors (Lipinski definition) is 1. The van der Waals surface area contributed by atoms with E-state index in [1.54, 1.807) is 0 Å². The molecular formula is C17H21BrClN5O. The van der Waals surface area contributed by atoms with Gasteiger partial charge >= 0.3 is 0 Å². The van der Waals surface area contributed by atoms with E-state index >= 15 is 0 Å². The predicted molar refractivity (Wildman–Crippen MR) is 105 cm³/mol. The lowest BCUT2D eigenvalue weighted by Crippen LogP contribution is -2.59. The summed E-state index contributed by atoms with van der Waals surface area (Å²) in [6, 6.07) is 4.21. The number of benzene rings is 1. The van der Waals surface area contributed by atoms with Crippen LogP contribution in [0.5, 0.6) is 0 Å². The van der Waals surface area contributed by atoms with Gasteiger partial charge in [-0.1, -0.05) is 11.6 Å². The van der Waals surface area contributed by atoms with Gasteiger partial charge in [-0.15, -0.1) is 0 Å². The van der Waals surface area contributed by atoms with Gasteiger partial charge in [-0.25, -0.2) is 4.98 Å². The molecule has 6 nitrogen and oxygen atoms in total. The molecule has 8 heteroatoms. The van der Waals surface area contributed by atoms with Gasteiger partial charge in [0.2, 0.25) is 0 Å². The van der Waals surface area contributed by atoms with Crippen molar-refractivity contribution < 1.29 is 0 Å². The Kier molecular flexibility index (Phi) is 4.52. The van der Waals surface area contributed by atoms with Gasteiger partial charge in [0.05, 0.1) is 16.1 Å². The molecule has 0 spiro atoms. The van der Waals surface area contributed by atoms with Crippen LogP contribution in [0, 0.1) is 5.92 Å². The maximum Gasteiger partial charge on any atom is 0.294 e. The van der Waals surface area contributed by atoms with Gasteiger partial charge in [0.15, 0.2) is 5.82 Å². The maximum absolute atomic E-state index is 13.1. The Balaban J connectivity index is 1.79.